The molecular formula is C18H32N6O2. The Labute approximate surface area is 155 Å². The van der Waals surface area contributed by atoms with Gasteiger partial charge in [-0.2, -0.15) is 5.10 Å². The topological polar surface area (TPSA) is 82.5 Å². The van der Waals surface area contributed by atoms with Gasteiger partial charge in [-0.05, 0) is 26.0 Å². The number of urea groups is 1. The van der Waals surface area contributed by atoms with Crippen LogP contribution < -0.4 is 10.6 Å². The van der Waals surface area contributed by atoms with Gasteiger partial charge in [0, 0.05) is 27.2 Å². The molecule has 0 saturated heterocycles. The highest BCUT2D eigenvalue weighted by atomic mass is 16.2. The van der Waals surface area contributed by atoms with Gasteiger partial charge >= 0.3 is 6.03 Å². The maximum Gasteiger partial charge on any atom is 0.319 e. The molecule has 0 aliphatic carbocycles. The van der Waals surface area contributed by atoms with E-state index in [1.54, 1.807) is 19.0 Å². The van der Waals surface area contributed by atoms with Gasteiger partial charge in [0.15, 0.2) is 0 Å². The molecule has 1 aromatic heterocycles. The lowest BCUT2D eigenvalue weighted by molar-refractivity contribution is -0.123. The molecule has 1 aromatic rings. The van der Waals surface area contributed by atoms with Crippen molar-refractivity contribution in [2.75, 3.05) is 27.7 Å². The van der Waals surface area contributed by atoms with Gasteiger partial charge < -0.3 is 20.4 Å². The number of nitrogens with zero attached hydrogens (tertiary/aromatic N) is 4. The van der Waals surface area contributed by atoms with Crippen LogP contribution >= 0.6 is 0 Å². The molecule has 8 heteroatoms. The Bertz CT molecular complexity index is 613. The highest BCUT2D eigenvalue weighted by Gasteiger charge is 2.22. The second-order valence-corrected chi connectivity index (χ2v) is 7.00. The molecule has 2 N–H and O–H groups in total. The molecule has 26 heavy (non-hydrogen) atoms. The third-order valence-corrected chi connectivity index (χ3v) is 4.67. The molecule has 0 aromatic carbocycles. The Morgan fingerprint density at radius 2 is 2.12 bits per heavy atom. The van der Waals surface area contributed by atoms with Crippen LogP contribution in [0.2, 0.25) is 0 Å². The fourth-order valence-corrected chi connectivity index (χ4v) is 3.17. The van der Waals surface area contributed by atoms with Gasteiger partial charge in [0.2, 0.25) is 5.91 Å². The van der Waals surface area contributed by atoms with E-state index in [1.165, 1.54) is 0 Å². The molecule has 0 spiro atoms. The van der Waals surface area contributed by atoms with Crippen molar-refractivity contribution in [3.8, 4) is 0 Å². The summed E-state index contributed by atoms with van der Waals surface area (Å²) in [5, 5.41) is 10.6. The van der Waals surface area contributed by atoms with Crippen LogP contribution in [0.15, 0.2) is 6.07 Å². The summed E-state index contributed by atoms with van der Waals surface area (Å²) in [4.78, 5) is 28.0. The second kappa shape index (κ2) is 9.56. The number of fused-ring (bicyclic) bond motifs is 1. The first-order chi connectivity index (χ1) is 12.5. The molecule has 0 fully saturated rings. The Morgan fingerprint density at radius 1 is 1.35 bits per heavy atom. The van der Waals surface area contributed by atoms with E-state index in [9.17, 15) is 9.59 Å². The van der Waals surface area contributed by atoms with Gasteiger partial charge in [-0.3, -0.25) is 9.48 Å². The number of nitrogens with one attached hydrogen (secondary N) is 2. The summed E-state index contributed by atoms with van der Waals surface area (Å²) in [6, 6.07) is 1.84. The average molecular weight is 364 g/mol. The largest absolute Gasteiger partial charge is 0.349 e. The molecule has 0 saturated carbocycles. The number of hydrogen-bond donors (Lipinski definition) is 2. The Kier molecular flexibility index (Phi) is 7.44. The van der Waals surface area contributed by atoms with Crippen LogP contribution in [0, 0.1) is 0 Å². The fraction of sp³-hybridized carbons (Fsp3) is 0.722. The summed E-state index contributed by atoms with van der Waals surface area (Å²) in [6.45, 7) is 4.59. The summed E-state index contributed by atoms with van der Waals surface area (Å²) in [6.07, 6.45) is 3.80. The molecule has 146 valence electrons. The summed E-state index contributed by atoms with van der Waals surface area (Å²) in [5.41, 5.74) is 1.84. The van der Waals surface area contributed by atoms with Crippen LogP contribution in [0.5, 0.6) is 0 Å². The van der Waals surface area contributed by atoms with Crippen LogP contribution in [0.25, 0.3) is 0 Å². The second-order valence-electron chi connectivity index (χ2n) is 7.00. The number of unbranched alkanes of at least 4 members (excludes halogenated alkanes) is 1. The van der Waals surface area contributed by atoms with Crippen LogP contribution in [0.4, 0.5) is 4.79 Å². The van der Waals surface area contributed by atoms with Crippen LogP contribution in [0.1, 0.15) is 44.0 Å². The van der Waals surface area contributed by atoms with E-state index >= 15 is 0 Å². The van der Waals surface area contributed by atoms with Crippen LogP contribution in [-0.2, 0) is 24.4 Å². The zero-order valence-electron chi connectivity index (χ0n) is 16.4. The zero-order chi connectivity index (χ0) is 19.1. The molecule has 2 rings (SSSR count). The summed E-state index contributed by atoms with van der Waals surface area (Å²) >= 11 is 0. The zero-order valence-corrected chi connectivity index (χ0v) is 16.4. The first kappa shape index (κ1) is 20.2. The summed E-state index contributed by atoms with van der Waals surface area (Å²) < 4.78 is 1.96. The van der Waals surface area contributed by atoms with Gasteiger partial charge in [0.05, 0.1) is 30.5 Å². The Hall–Kier alpha value is -2.09. The van der Waals surface area contributed by atoms with Crippen molar-refractivity contribution in [3.05, 3.63) is 17.5 Å². The number of carbonyl (C=O) groups excluding carboxylic acids is 2. The number of aromatic nitrogens is 2. The van der Waals surface area contributed by atoms with E-state index in [0.717, 1.165) is 50.2 Å². The maximum absolute atomic E-state index is 12.3. The molecule has 0 unspecified atom stereocenters. The van der Waals surface area contributed by atoms with Gasteiger partial charge in [0.25, 0.3) is 0 Å². The molecule has 0 bridgehead atoms. The minimum Gasteiger partial charge on any atom is -0.349 e. The van der Waals surface area contributed by atoms with E-state index in [0.29, 0.717) is 13.1 Å². The van der Waals surface area contributed by atoms with Crippen molar-refractivity contribution >= 4 is 11.9 Å². The highest BCUT2D eigenvalue weighted by Crippen LogP contribution is 2.15. The lowest BCUT2D eigenvalue weighted by Crippen LogP contribution is -2.42. The SMILES string of the molecule is CCCC[C@H](NC)C(=O)NCc1cc2n(n1)CCCN(C(=O)N(C)C)C2. The van der Waals surface area contributed by atoms with E-state index in [2.05, 4.69) is 22.7 Å². The quantitative estimate of drug-likeness (QED) is 0.761. The molecule has 1 atom stereocenters. The lowest BCUT2D eigenvalue weighted by Gasteiger charge is -2.24. The minimum absolute atomic E-state index is 0.00792. The fourth-order valence-electron chi connectivity index (χ4n) is 3.17. The summed E-state index contributed by atoms with van der Waals surface area (Å²) in [7, 11) is 5.35. The first-order valence-electron chi connectivity index (χ1n) is 9.43. The number of rotatable bonds is 7. The van der Waals surface area contributed by atoms with E-state index in [1.807, 2.05) is 22.7 Å². The monoisotopic (exact) mass is 364 g/mol. The predicted molar refractivity (Wildman–Crippen MR) is 101 cm³/mol. The van der Waals surface area contributed by atoms with Crippen molar-refractivity contribution in [1.82, 2.24) is 30.2 Å². The van der Waals surface area contributed by atoms with Crippen molar-refractivity contribution in [2.45, 2.75) is 58.3 Å². The van der Waals surface area contributed by atoms with E-state index in [-0.39, 0.29) is 18.0 Å². The number of aryl methyl sites for hydroxylation is 1. The van der Waals surface area contributed by atoms with E-state index in [4.69, 9.17) is 0 Å². The van der Waals surface area contributed by atoms with Crippen molar-refractivity contribution < 1.29 is 9.59 Å². The molecule has 2 heterocycles. The molecule has 8 nitrogen and oxygen atoms in total. The maximum atomic E-state index is 12.3. The van der Waals surface area contributed by atoms with Gasteiger partial charge in [0.1, 0.15) is 0 Å². The van der Waals surface area contributed by atoms with Gasteiger partial charge in [-0.1, -0.05) is 19.8 Å². The minimum atomic E-state index is -0.163. The average Bonchev–Trinajstić information content (AvgIpc) is 2.90. The Balaban J connectivity index is 1.96. The molecule has 1 aliphatic heterocycles. The molecule has 0 radical (unpaired) electrons. The normalized spacial score (nSPS) is 15.2. The highest BCUT2D eigenvalue weighted by molar-refractivity contribution is 5.81. The number of likely N-dealkylation sites (N-methyl/N-ethyl adjacent to an activating group) is 1. The Morgan fingerprint density at radius 3 is 2.77 bits per heavy atom. The number of carbonyl (C=O) groups is 2. The third kappa shape index (κ3) is 5.20. The predicted octanol–water partition coefficient (Wildman–Crippen LogP) is 1.16. The lowest BCUT2D eigenvalue weighted by atomic mass is 10.1. The van der Waals surface area contributed by atoms with Gasteiger partial charge in [-0.25, -0.2) is 4.79 Å². The standard InChI is InChI=1S/C18H32N6O2/c1-5-6-8-16(19-2)17(25)20-12-14-11-15-13-23(18(26)22(3)4)9-7-10-24(15)21-14/h11,16,19H,5-10,12-13H2,1-4H3,(H,20,25)/t16-/m0/s1. The number of amides is 3. The van der Waals surface area contributed by atoms with Crippen LogP contribution in [-0.4, -0.2) is 65.2 Å². The van der Waals surface area contributed by atoms with Crippen molar-refractivity contribution in [2.24, 2.45) is 0 Å². The van der Waals surface area contributed by atoms with Crippen molar-refractivity contribution in [1.29, 1.82) is 0 Å². The smallest absolute Gasteiger partial charge is 0.319 e. The molecular weight excluding hydrogens is 332 g/mol. The third-order valence-electron chi connectivity index (χ3n) is 4.67. The molecule has 3 amide bonds. The number of hydrogen-bond acceptors (Lipinski definition) is 4. The molecule has 1 aliphatic rings. The van der Waals surface area contributed by atoms with Crippen LogP contribution in [0.3, 0.4) is 0 Å². The van der Waals surface area contributed by atoms with Crippen molar-refractivity contribution in [3.63, 3.8) is 0 Å². The van der Waals surface area contributed by atoms with Gasteiger partial charge in [-0.15, -0.1) is 0 Å². The summed E-state index contributed by atoms with van der Waals surface area (Å²) in [5.74, 6) is 0.00792. The first-order valence-corrected chi connectivity index (χ1v) is 9.43. The van der Waals surface area contributed by atoms with E-state index < -0.39 is 0 Å².